The fraction of sp³-hybridized carbons (Fsp3) is 0.294. The summed E-state index contributed by atoms with van der Waals surface area (Å²) in [6.45, 7) is 0. The number of hydrogen-bond donors (Lipinski definition) is 1. The van der Waals surface area contributed by atoms with E-state index < -0.39 is 0 Å². The first-order valence-corrected chi connectivity index (χ1v) is 8.01. The van der Waals surface area contributed by atoms with Crippen molar-refractivity contribution in [2.24, 2.45) is 0 Å². The number of aromatic nitrogens is 1. The number of methoxy groups -OCH3 is 1. The Bertz CT molecular complexity index is 739. The molecule has 3 rings (SSSR count). The van der Waals surface area contributed by atoms with Crippen LogP contribution in [0.25, 0.3) is 0 Å². The molecule has 0 radical (unpaired) electrons. The van der Waals surface area contributed by atoms with Gasteiger partial charge in [0.1, 0.15) is 17.5 Å². The normalized spacial score (nSPS) is 16.5. The van der Waals surface area contributed by atoms with Gasteiger partial charge in [0.05, 0.1) is 13.2 Å². The molecule has 1 aliphatic rings. The molecule has 112 valence electrons. The molecule has 1 heterocycles. The average molecular weight is 358 g/mol. The molecule has 0 amide bonds. The summed E-state index contributed by atoms with van der Waals surface area (Å²) in [5.41, 5.74) is 3.12. The minimum Gasteiger partial charge on any atom is -0.480 e. The van der Waals surface area contributed by atoms with Crippen molar-refractivity contribution in [2.75, 3.05) is 12.4 Å². The van der Waals surface area contributed by atoms with Crippen molar-refractivity contribution in [3.8, 4) is 11.9 Å². The van der Waals surface area contributed by atoms with Gasteiger partial charge in [0.2, 0.25) is 5.88 Å². The molecule has 0 unspecified atom stereocenters. The van der Waals surface area contributed by atoms with Gasteiger partial charge in [0.25, 0.3) is 0 Å². The predicted molar refractivity (Wildman–Crippen MR) is 88.9 cm³/mol. The Morgan fingerprint density at radius 3 is 3.00 bits per heavy atom. The molecule has 1 atom stereocenters. The number of halogens is 1. The summed E-state index contributed by atoms with van der Waals surface area (Å²) < 4.78 is 6.34. The molecule has 5 heteroatoms. The van der Waals surface area contributed by atoms with E-state index in [1.807, 2.05) is 6.07 Å². The molecule has 0 spiro atoms. The first-order chi connectivity index (χ1) is 10.7. The minimum absolute atomic E-state index is 0.228. The van der Waals surface area contributed by atoms with Crippen molar-refractivity contribution in [1.82, 2.24) is 4.98 Å². The monoisotopic (exact) mass is 357 g/mol. The maximum absolute atomic E-state index is 9.03. The second-order valence-corrected chi connectivity index (χ2v) is 6.12. The second kappa shape index (κ2) is 6.37. The molecule has 0 saturated heterocycles. The lowest BCUT2D eigenvalue weighted by molar-refractivity contribution is 0.397. The fourth-order valence-electron chi connectivity index (χ4n) is 2.89. The van der Waals surface area contributed by atoms with Gasteiger partial charge < -0.3 is 10.1 Å². The molecule has 0 saturated carbocycles. The third-order valence-corrected chi connectivity index (χ3v) is 4.69. The zero-order chi connectivity index (χ0) is 15.5. The molecule has 0 fully saturated rings. The maximum atomic E-state index is 9.03. The molecule has 4 nitrogen and oxygen atoms in total. The summed E-state index contributed by atoms with van der Waals surface area (Å²) in [5.74, 6) is 1.09. The molecule has 2 aromatic rings. The van der Waals surface area contributed by atoms with Crippen molar-refractivity contribution >= 4 is 21.7 Å². The van der Waals surface area contributed by atoms with Gasteiger partial charge in [0.15, 0.2) is 0 Å². The van der Waals surface area contributed by atoms with Crippen molar-refractivity contribution in [1.29, 1.82) is 5.26 Å². The zero-order valence-electron chi connectivity index (χ0n) is 12.3. The van der Waals surface area contributed by atoms with E-state index in [2.05, 4.69) is 50.5 Å². The van der Waals surface area contributed by atoms with Gasteiger partial charge >= 0.3 is 0 Å². The number of nitrogens with one attached hydrogen (secondary N) is 1. The van der Waals surface area contributed by atoms with Crippen LogP contribution in [0.4, 0.5) is 5.82 Å². The van der Waals surface area contributed by atoms with E-state index in [9.17, 15) is 0 Å². The second-order valence-electron chi connectivity index (χ2n) is 5.26. The third-order valence-electron chi connectivity index (χ3n) is 3.95. The Morgan fingerprint density at radius 2 is 2.23 bits per heavy atom. The summed E-state index contributed by atoms with van der Waals surface area (Å²) in [6.07, 6.45) is 3.30. The minimum atomic E-state index is 0.228. The van der Waals surface area contributed by atoms with Gasteiger partial charge in [-0.05, 0) is 48.6 Å². The van der Waals surface area contributed by atoms with Crippen LogP contribution >= 0.6 is 15.9 Å². The quantitative estimate of drug-likeness (QED) is 0.893. The summed E-state index contributed by atoms with van der Waals surface area (Å²) in [7, 11) is 1.53. The van der Waals surface area contributed by atoms with Crippen LogP contribution < -0.4 is 10.1 Å². The maximum Gasteiger partial charge on any atom is 0.233 e. The highest BCUT2D eigenvalue weighted by Gasteiger charge is 2.22. The number of nitrogens with zero attached hydrogens (tertiary/aromatic N) is 2. The molecule has 22 heavy (non-hydrogen) atoms. The standard InChI is InChI=1S/C17H16BrN3O/c1-22-17-11(10-19)8-9-16(21-17)20-15-7-3-4-12-13(15)5-2-6-14(12)18/h2,5-6,8-9,15H,3-4,7H2,1H3,(H,20,21)/t15-/m0/s1. The van der Waals surface area contributed by atoms with Crippen molar-refractivity contribution in [2.45, 2.75) is 25.3 Å². The van der Waals surface area contributed by atoms with Gasteiger partial charge in [-0.1, -0.05) is 28.1 Å². The lowest BCUT2D eigenvalue weighted by Crippen LogP contribution is -2.18. The van der Waals surface area contributed by atoms with Gasteiger partial charge in [-0.3, -0.25) is 0 Å². The highest BCUT2D eigenvalue weighted by Crippen LogP contribution is 2.36. The SMILES string of the molecule is COc1nc(N[C@H]2CCCc3c(Br)cccc32)ccc1C#N. The summed E-state index contributed by atoms with van der Waals surface area (Å²) >= 11 is 3.64. The first-order valence-electron chi connectivity index (χ1n) is 7.22. The number of rotatable bonds is 3. The summed E-state index contributed by atoms with van der Waals surface area (Å²) in [5, 5.41) is 12.5. The van der Waals surface area contributed by atoms with Crippen LogP contribution in [0.3, 0.4) is 0 Å². The van der Waals surface area contributed by atoms with E-state index in [-0.39, 0.29) is 6.04 Å². The third kappa shape index (κ3) is 2.79. The Kier molecular flexibility index (Phi) is 4.30. The number of pyridine rings is 1. The molecular weight excluding hydrogens is 342 g/mol. The number of nitriles is 1. The van der Waals surface area contributed by atoms with Gasteiger partial charge in [0, 0.05) is 4.47 Å². The van der Waals surface area contributed by atoms with Crippen LogP contribution in [0.1, 0.15) is 35.6 Å². The highest BCUT2D eigenvalue weighted by molar-refractivity contribution is 9.10. The van der Waals surface area contributed by atoms with E-state index in [0.29, 0.717) is 11.4 Å². The van der Waals surface area contributed by atoms with E-state index in [1.54, 1.807) is 6.07 Å². The summed E-state index contributed by atoms with van der Waals surface area (Å²) in [4.78, 5) is 4.38. The fourth-order valence-corrected chi connectivity index (χ4v) is 3.47. The number of fused-ring (bicyclic) bond motifs is 1. The predicted octanol–water partition coefficient (Wildman–Crippen LogP) is 4.21. The molecule has 0 aliphatic heterocycles. The number of ether oxygens (including phenoxy) is 1. The lowest BCUT2D eigenvalue weighted by Gasteiger charge is -2.27. The summed E-state index contributed by atoms with van der Waals surface area (Å²) in [6, 6.07) is 12.2. The molecular formula is C17H16BrN3O. The molecule has 1 N–H and O–H groups in total. The Hall–Kier alpha value is -2.06. The van der Waals surface area contributed by atoms with E-state index in [0.717, 1.165) is 25.1 Å². The van der Waals surface area contributed by atoms with Gasteiger partial charge in [-0.2, -0.15) is 10.2 Å². The largest absolute Gasteiger partial charge is 0.480 e. The molecule has 1 aliphatic carbocycles. The van der Waals surface area contributed by atoms with E-state index in [4.69, 9.17) is 10.00 Å². The van der Waals surface area contributed by atoms with Gasteiger partial charge in [-0.15, -0.1) is 0 Å². The first kappa shape index (κ1) is 14.9. The van der Waals surface area contributed by atoms with Gasteiger partial charge in [-0.25, -0.2) is 0 Å². The molecule has 0 bridgehead atoms. The van der Waals surface area contributed by atoms with Crippen LogP contribution in [0.15, 0.2) is 34.8 Å². The molecule has 1 aromatic carbocycles. The Labute approximate surface area is 138 Å². The van der Waals surface area contributed by atoms with Crippen LogP contribution in [0.2, 0.25) is 0 Å². The molecule has 1 aromatic heterocycles. The van der Waals surface area contributed by atoms with Crippen LogP contribution in [0.5, 0.6) is 5.88 Å². The van der Waals surface area contributed by atoms with E-state index in [1.165, 1.54) is 22.7 Å². The van der Waals surface area contributed by atoms with Crippen LogP contribution in [-0.2, 0) is 6.42 Å². The van der Waals surface area contributed by atoms with Crippen molar-refractivity contribution in [3.63, 3.8) is 0 Å². The highest BCUT2D eigenvalue weighted by atomic mass is 79.9. The topological polar surface area (TPSA) is 57.9 Å². The van der Waals surface area contributed by atoms with Crippen LogP contribution in [-0.4, -0.2) is 12.1 Å². The zero-order valence-corrected chi connectivity index (χ0v) is 13.9. The average Bonchev–Trinajstić information content (AvgIpc) is 2.55. The van der Waals surface area contributed by atoms with Crippen molar-refractivity contribution < 1.29 is 4.74 Å². The Balaban J connectivity index is 1.89. The number of anilines is 1. The Morgan fingerprint density at radius 1 is 1.36 bits per heavy atom. The smallest absolute Gasteiger partial charge is 0.233 e. The van der Waals surface area contributed by atoms with E-state index >= 15 is 0 Å². The van der Waals surface area contributed by atoms with Crippen LogP contribution in [0, 0.1) is 11.3 Å². The number of benzene rings is 1. The number of hydrogen-bond acceptors (Lipinski definition) is 4. The van der Waals surface area contributed by atoms with Crippen molar-refractivity contribution in [3.05, 3.63) is 51.5 Å². The lowest BCUT2D eigenvalue weighted by atomic mass is 9.88.